The molecule has 6 heteroatoms. The Morgan fingerprint density at radius 2 is 1.89 bits per heavy atom. The summed E-state index contributed by atoms with van der Waals surface area (Å²) in [5.74, 6) is 3.35. The molecule has 2 aromatic rings. The predicted molar refractivity (Wildman–Crippen MR) is 107 cm³/mol. The number of nitrogens with one attached hydrogen (secondary N) is 2. The van der Waals surface area contributed by atoms with E-state index in [4.69, 9.17) is 14.2 Å². The molecular formula is C21H27N3O3. The molecule has 0 aromatic heterocycles. The first-order valence-corrected chi connectivity index (χ1v) is 9.32. The number of ether oxygens (including phenoxy) is 3. The predicted octanol–water partition coefficient (Wildman–Crippen LogP) is 2.76. The van der Waals surface area contributed by atoms with Crippen LogP contribution in [-0.2, 0) is 12.8 Å². The summed E-state index contributed by atoms with van der Waals surface area (Å²) in [6.45, 7) is 4.71. The summed E-state index contributed by atoms with van der Waals surface area (Å²) < 4.78 is 16.0. The number of benzene rings is 2. The number of hydrogen-bond donors (Lipinski definition) is 2. The highest BCUT2D eigenvalue weighted by Gasteiger charge is 2.12. The normalized spacial score (nSPS) is 12.7. The largest absolute Gasteiger partial charge is 0.497 e. The minimum Gasteiger partial charge on any atom is -0.497 e. The molecule has 0 saturated heterocycles. The number of rotatable bonds is 8. The Bertz CT molecular complexity index is 777. The minimum absolute atomic E-state index is 0.304. The third-order valence-corrected chi connectivity index (χ3v) is 4.29. The minimum atomic E-state index is 0.304. The van der Waals surface area contributed by atoms with Crippen molar-refractivity contribution in [3.63, 3.8) is 0 Å². The van der Waals surface area contributed by atoms with E-state index in [1.54, 1.807) is 7.11 Å². The number of hydrogen-bond acceptors (Lipinski definition) is 4. The van der Waals surface area contributed by atoms with Crippen molar-refractivity contribution in [2.75, 3.05) is 33.5 Å². The molecule has 0 fully saturated rings. The van der Waals surface area contributed by atoms with Crippen molar-refractivity contribution in [3.05, 3.63) is 53.6 Å². The van der Waals surface area contributed by atoms with Crippen LogP contribution in [0.3, 0.4) is 0 Å². The van der Waals surface area contributed by atoms with E-state index in [-0.39, 0.29) is 0 Å². The van der Waals surface area contributed by atoms with Crippen molar-refractivity contribution in [2.24, 2.45) is 4.99 Å². The summed E-state index contributed by atoms with van der Waals surface area (Å²) in [6, 6.07) is 14.2. The molecule has 0 saturated carbocycles. The van der Waals surface area contributed by atoms with Gasteiger partial charge >= 0.3 is 0 Å². The highest BCUT2D eigenvalue weighted by atomic mass is 16.7. The van der Waals surface area contributed by atoms with Gasteiger partial charge in [-0.1, -0.05) is 18.2 Å². The van der Waals surface area contributed by atoms with Crippen LogP contribution in [0.25, 0.3) is 0 Å². The maximum Gasteiger partial charge on any atom is 0.231 e. The molecule has 0 amide bonds. The average Bonchev–Trinajstić information content (AvgIpc) is 3.16. The van der Waals surface area contributed by atoms with Gasteiger partial charge in [0.1, 0.15) is 5.75 Å². The molecule has 2 N–H and O–H groups in total. The zero-order valence-corrected chi connectivity index (χ0v) is 16.0. The number of aliphatic imine (C=N–C) groups is 1. The lowest BCUT2D eigenvalue weighted by molar-refractivity contribution is 0.174. The second-order valence-electron chi connectivity index (χ2n) is 6.23. The first-order valence-electron chi connectivity index (χ1n) is 9.32. The molecule has 2 aromatic carbocycles. The van der Waals surface area contributed by atoms with Crippen molar-refractivity contribution in [1.29, 1.82) is 0 Å². The molecule has 144 valence electrons. The van der Waals surface area contributed by atoms with Gasteiger partial charge in [0.15, 0.2) is 17.5 Å². The number of guanidine groups is 1. The van der Waals surface area contributed by atoms with Crippen LogP contribution in [0, 0.1) is 0 Å². The smallest absolute Gasteiger partial charge is 0.231 e. The van der Waals surface area contributed by atoms with Gasteiger partial charge in [-0.05, 0) is 55.2 Å². The molecular weight excluding hydrogens is 342 g/mol. The van der Waals surface area contributed by atoms with Crippen molar-refractivity contribution >= 4 is 5.96 Å². The van der Waals surface area contributed by atoms with Crippen LogP contribution in [0.1, 0.15) is 18.1 Å². The fourth-order valence-corrected chi connectivity index (χ4v) is 2.89. The highest BCUT2D eigenvalue weighted by Crippen LogP contribution is 2.32. The Labute approximate surface area is 160 Å². The fraction of sp³-hybridized carbons (Fsp3) is 0.381. The van der Waals surface area contributed by atoms with Gasteiger partial charge in [-0.15, -0.1) is 0 Å². The van der Waals surface area contributed by atoms with Gasteiger partial charge in [-0.3, -0.25) is 4.99 Å². The summed E-state index contributed by atoms with van der Waals surface area (Å²) in [4.78, 5) is 4.66. The summed E-state index contributed by atoms with van der Waals surface area (Å²) in [6.07, 6.45) is 1.76. The van der Waals surface area contributed by atoms with Crippen LogP contribution in [0.4, 0.5) is 0 Å². The standard InChI is InChI=1S/C21H27N3O3/c1-3-22-21(23-11-9-16-5-4-6-18(13-16)25-2)24-12-10-17-7-8-19-20(14-17)27-15-26-19/h4-8,13-14H,3,9-12,15H2,1-2H3,(H2,22,23,24). The monoisotopic (exact) mass is 369 g/mol. The molecule has 1 aliphatic heterocycles. The number of fused-ring (bicyclic) bond motifs is 1. The SMILES string of the molecule is CCNC(=NCCc1ccc2c(c1)OCO2)NCCc1cccc(OC)c1. The molecule has 6 nitrogen and oxygen atoms in total. The lowest BCUT2D eigenvalue weighted by Gasteiger charge is -2.12. The molecule has 0 unspecified atom stereocenters. The van der Waals surface area contributed by atoms with Gasteiger partial charge in [-0.25, -0.2) is 0 Å². The molecule has 0 spiro atoms. The first kappa shape index (κ1) is 18.9. The second-order valence-corrected chi connectivity index (χ2v) is 6.23. The molecule has 1 aliphatic rings. The Morgan fingerprint density at radius 1 is 1.04 bits per heavy atom. The van der Waals surface area contributed by atoms with Gasteiger partial charge in [-0.2, -0.15) is 0 Å². The van der Waals surface area contributed by atoms with Crippen LogP contribution in [0.2, 0.25) is 0 Å². The molecule has 1 heterocycles. The highest BCUT2D eigenvalue weighted by molar-refractivity contribution is 5.79. The quantitative estimate of drug-likeness (QED) is 0.553. The van der Waals surface area contributed by atoms with E-state index in [0.29, 0.717) is 13.3 Å². The van der Waals surface area contributed by atoms with Gasteiger partial charge in [0.2, 0.25) is 6.79 Å². The number of methoxy groups -OCH3 is 1. The van der Waals surface area contributed by atoms with Crippen molar-refractivity contribution in [3.8, 4) is 17.2 Å². The Morgan fingerprint density at radius 3 is 2.74 bits per heavy atom. The summed E-state index contributed by atoms with van der Waals surface area (Å²) in [7, 11) is 1.69. The van der Waals surface area contributed by atoms with Crippen LogP contribution >= 0.6 is 0 Å². The van der Waals surface area contributed by atoms with Crippen LogP contribution in [-0.4, -0.2) is 39.5 Å². The van der Waals surface area contributed by atoms with Crippen molar-refractivity contribution in [1.82, 2.24) is 10.6 Å². The lowest BCUT2D eigenvalue weighted by Crippen LogP contribution is -2.38. The van der Waals surface area contributed by atoms with E-state index in [2.05, 4.69) is 40.7 Å². The first-order chi connectivity index (χ1) is 13.3. The Hall–Kier alpha value is -2.89. The lowest BCUT2D eigenvalue weighted by atomic mass is 10.1. The van der Waals surface area contributed by atoms with E-state index in [1.807, 2.05) is 24.3 Å². The van der Waals surface area contributed by atoms with Crippen molar-refractivity contribution < 1.29 is 14.2 Å². The summed E-state index contributed by atoms with van der Waals surface area (Å²) in [5.41, 5.74) is 2.42. The van der Waals surface area contributed by atoms with E-state index in [1.165, 1.54) is 11.1 Å². The topological polar surface area (TPSA) is 64.1 Å². The molecule has 0 bridgehead atoms. The van der Waals surface area contributed by atoms with E-state index >= 15 is 0 Å². The maximum absolute atomic E-state index is 5.43. The van der Waals surface area contributed by atoms with Gasteiger partial charge in [0.05, 0.1) is 7.11 Å². The Balaban J connectivity index is 1.48. The molecule has 3 rings (SSSR count). The second kappa shape index (κ2) is 9.71. The summed E-state index contributed by atoms with van der Waals surface area (Å²) >= 11 is 0. The van der Waals surface area contributed by atoms with Crippen LogP contribution in [0.15, 0.2) is 47.5 Å². The third-order valence-electron chi connectivity index (χ3n) is 4.29. The summed E-state index contributed by atoms with van der Waals surface area (Å²) in [5, 5.41) is 6.68. The van der Waals surface area contributed by atoms with Crippen LogP contribution in [0.5, 0.6) is 17.2 Å². The average molecular weight is 369 g/mol. The Kier molecular flexibility index (Phi) is 6.79. The zero-order chi connectivity index (χ0) is 18.9. The van der Waals surface area contributed by atoms with E-state index < -0.39 is 0 Å². The van der Waals surface area contributed by atoms with E-state index in [9.17, 15) is 0 Å². The molecule has 0 atom stereocenters. The molecule has 0 radical (unpaired) electrons. The third kappa shape index (κ3) is 5.54. The van der Waals surface area contributed by atoms with Gasteiger partial charge in [0.25, 0.3) is 0 Å². The van der Waals surface area contributed by atoms with Gasteiger partial charge in [0, 0.05) is 19.6 Å². The molecule has 0 aliphatic carbocycles. The fourth-order valence-electron chi connectivity index (χ4n) is 2.89. The van der Waals surface area contributed by atoms with E-state index in [0.717, 1.165) is 49.1 Å². The molecule has 27 heavy (non-hydrogen) atoms. The maximum atomic E-state index is 5.43. The van der Waals surface area contributed by atoms with Crippen LogP contribution < -0.4 is 24.8 Å². The van der Waals surface area contributed by atoms with Crippen molar-refractivity contribution in [2.45, 2.75) is 19.8 Å². The number of nitrogens with zero attached hydrogens (tertiary/aromatic N) is 1. The zero-order valence-electron chi connectivity index (χ0n) is 16.0. The van der Waals surface area contributed by atoms with Gasteiger partial charge < -0.3 is 24.8 Å².